The molecule has 2 aliphatic heterocycles. The molecule has 2 saturated heterocycles. The number of likely N-dealkylation sites (tertiary alicyclic amines) is 1. The van der Waals surface area contributed by atoms with Crippen LogP contribution in [-0.4, -0.2) is 67.1 Å². The second kappa shape index (κ2) is 9.29. The summed E-state index contributed by atoms with van der Waals surface area (Å²) in [6.07, 6.45) is 4.12. The van der Waals surface area contributed by atoms with Crippen molar-refractivity contribution in [3.8, 4) is 28.3 Å². The zero-order valence-electron chi connectivity index (χ0n) is 19.0. The van der Waals surface area contributed by atoms with Crippen molar-refractivity contribution in [3.63, 3.8) is 0 Å². The van der Waals surface area contributed by atoms with Crippen LogP contribution in [0.3, 0.4) is 0 Å². The third-order valence-electron chi connectivity index (χ3n) is 6.74. The molecule has 0 unspecified atom stereocenters. The van der Waals surface area contributed by atoms with Gasteiger partial charge in [0.2, 0.25) is 0 Å². The molecule has 1 aromatic carbocycles. The predicted octanol–water partition coefficient (Wildman–Crippen LogP) is 3.87. The predicted molar refractivity (Wildman–Crippen MR) is 131 cm³/mol. The molecule has 9 heteroatoms. The largest absolute Gasteiger partial charge is 0.507 e. The number of imidazole rings is 1. The van der Waals surface area contributed by atoms with Crippen LogP contribution in [0.25, 0.3) is 28.2 Å². The monoisotopic (exact) mass is 478 g/mol. The van der Waals surface area contributed by atoms with Crippen molar-refractivity contribution in [1.82, 2.24) is 29.7 Å². The molecule has 34 heavy (non-hydrogen) atoms. The van der Waals surface area contributed by atoms with E-state index in [9.17, 15) is 5.11 Å². The number of ether oxygens (including phenoxy) is 1. The minimum Gasteiger partial charge on any atom is -0.507 e. The molecule has 3 aromatic heterocycles. The lowest BCUT2D eigenvalue weighted by Gasteiger charge is -2.45. The van der Waals surface area contributed by atoms with E-state index in [4.69, 9.17) is 9.84 Å². The van der Waals surface area contributed by atoms with Gasteiger partial charge in [-0.2, -0.15) is 15.3 Å². The fraction of sp³-hybridized carbons (Fsp3) is 0.360. The van der Waals surface area contributed by atoms with E-state index in [0.717, 1.165) is 67.4 Å². The summed E-state index contributed by atoms with van der Waals surface area (Å²) in [5.41, 5.74) is 5.52. The first-order valence-electron chi connectivity index (χ1n) is 11.5. The van der Waals surface area contributed by atoms with Crippen molar-refractivity contribution in [2.24, 2.45) is 0 Å². The standard InChI is InChI=1S/C25H26N6O2.ClH/c1-16-13-31-24(26-16)8-7-21(29-31)19-3-2-4-23(32)25(19)22-6-5-20(27-28-22)17-14-30(15-17)18-9-11-33-12-10-18;/h2-8,13,17-18,32H,9-12,14-15H2,1H3;1H. The van der Waals surface area contributed by atoms with Crippen LogP contribution in [0.5, 0.6) is 5.75 Å². The van der Waals surface area contributed by atoms with Crippen LogP contribution in [0.2, 0.25) is 0 Å². The number of phenolic OH excluding ortho intramolecular Hbond substituents is 1. The first-order chi connectivity index (χ1) is 16.2. The second-order valence-electron chi connectivity index (χ2n) is 8.94. The van der Waals surface area contributed by atoms with Crippen molar-refractivity contribution in [2.45, 2.75) is 31.7 Å². The van der Waals surface area contributed by atoms with Crippen LogP contribution in [0.4, 0.5) is 0 Å². The molecule has 2 aliphatic rings. The molecule has 0 aliphatic carbocycles. The number of aromatic nitrogens is 5. The molecule has 0 radical (unpaired) electrons. The Morgan fingerprint density at radius 2 is 1.76 bits per heavy atom. The van der Waals surface area contributed by atoms with Gasteiger partial charge in [-0.05, 0) is 50.1 Å². The first-order valence-corrected chi connectivity index (χ1v) is 11.5. The molecule has 1 N–H and O–H groups in total. The summed E-state index contributed by atoms with van der Waals surface area (Å²) in [5, 5.41) is 24.4. The topological polar surface area (TPSA) is 88.7 Å². The average molecular weight is 479 g/mol. The lowest BCUT2D eigenvalue weighted by molar-refractivity contribution is 0.000892. The van der Waals surface area contributed by atoms with Crippen LogP contribution in [0.15, 0.2) is 48.7 Å². The van der Waals surface area contributed by atoms with Crippen LogP contribution < -0.4 is 0 Å². The van der Waals surface area contributed by atoms with Gasteiger partial charge in [0, 0.05) is 43.8 Å². The number of rotatable bonds is 4. The molecular weight excluding hydrogens is 452 g/mol. The molecule has 5 heterocycles. The number of phenols is 1. The van der Waals surface area contributed by atoms with Crippen LogP contribution in [0.1, 0.15) is 30.1 Å². The number of hydrogen-bond donors (Lipinski definition) is 1. The molecule has 0 bridgehead atoms. The smallest absolute Gasteiger partial charge is 0.153 e. The zero-order valence-corrected chi connectivity index (χ0v) is 19.8. The fourth-order valence-electron chi connectivity index (χ4n) is 4.91. The van der Waals surface area contributed by atoms with Crippen molar-refractivity contribution in [1.29, 1.82) is 0 Å². The number of hydrogen-bond acceptors (Lipinski definition) is 7. The number of halogens is 1. The summed E-state index contributed by atoms with van der Waals surface area (Å²) in [4.78, 5) is 6.97. The SMILES string of the molecule is Cc1cn2nc(-c3cccc(O)c3-c3ccc(C4CN(C5CCOCC5)C4)nn3)ccc2n1.Cl. The quantitative estimate of drug-likeness (QED) is 0.476. The van der Waals surface area contributed by atoms with E-state index in [1.54, 1.807) is 10.6 Å². The maximum absolute atomic E-state index is 10.7. The highest BCUT2D eigenvalue weighted by molar-refractivity contribution is 5.85. The summed E-state index contributed by atoms with van der Waals surface area (Å²) in [5.74, 6) is 0.569. The Hall–Kier alpha value is -3.07. The lowest BCUT2D eigenvalue weighted by Crippen LogP contribution is -2.52. The molecule has 4 aromatic rings. The summed E-state index contributed by atoms with van der Waals surface area (Å²) in [6, 6.07) is 13.9. The van der Waals surface area contributed by atoms with Gasteiger partial charge in [-0.1, -0.05) is 12.1 Å². The number of nitrogens with zero attached hydrogens (tertiary/aromatic N) is 6. The van der Waals surface area contributed by atoms with E-state index >= 15 is 0 Å². The van der Waals surface area contributed by atoms with Gasteiger partial charge in [0.05, 0.1) is 34.5 Å². The van der Waals surface area contributed by atoms with E-state index in [-0.39, 0.29) is 18.2 Å². The number of fused-ring (bicyclic) bond motifs is 1. The highest BCUT2D eigenvalue weighted by Crippen LogP contribution is 2.37. The van der Waals surface area contributed by atoms with Gasteiger partial charge in [-0.15, -0.1) is 12.4 Å². The molecule has 2 fully saturated rings. The number of benzene rings is 1. The minimum atomic E-state index is 0. The highest BCUT2D eigenvalue weighted by atomic mass is 35.5. The van der Waals surface area contributed by atoms with Crippen molar-refractivity contribution < 1.29 is 9.84 Å². The van der Waals surface area contributed by atoms with Gasteiger partial charge >= 0.3 is 0 Å². The van der Waals surface area contributed by atoms with Crippen LogP contribution in [-0.2, 0) is 4.74 Å². The van der Waals surface area contributed by atoms with E-state index in [1.807, 2.05) is 49.5 Å². The van der Waals surface area contributed by atoms with E-state index in [0.29, 0.717) is 23.2 Å². The summed E-state index contributed by atoms with van der Waals surface area (Å²) < 4.78 is 7.24. The lowest BCUT2D eigenvalue weighted by atomic mass is 9.91. The second-order valence-corrected chi connectivity index (χ2v) is 8.94. The van der Waals surface area contributed by atoms with E-state index in [1.165, 1.54) is 0 Å². The summed E-state index contributed by atoms with van der Waals surface area (Å²) in [6.45, 7) is 5.72. The maximum atomic E-state index is 10.7. The van der Waals surface area contributed by atoms with E-state index < -0.39 is 0 Å². The van der Waals surface area contributed by atoms with Gasteiger partial charge in [0.25, 0.3) is 0 Å². The number of aryl methyl sites for hydroxylation is 1. The maximum Gasteiger partial charge on any atom is 0.153 e. The van der Waals surface area contributed by atoms with Crippen molar-refractivity contribution >= 4 is 18.1 Å². The first kappa shape index (κ1) is 22.7. The van der Waals surface area contributed by atoms with Gasteiger partial charge in [0.15, 0.2) is 5.65 Å². The average Bonchev–Trinajstić information content (AvgIpc) is 3.18. The molecule has 0 spiro atoms. The molecule has 0 amide bonds. The van der Waals surface area contributed by atoms with Gasteiger partial charge < -0.3 is 9.84 Å². The Morgan fingerprint density at radius 1 is 0.971 bits per heavy atom. The number of aromatic hydroxyl groups is 1. The van der Waals surface area contributed by atoms with Gasteiger partial charge in [-0.25, -0.2) is 9.50 Å². The summed E-state index contributed by atoms with van der Waals surface area (Å²) in [7, 11) is 0. The van der Waals surface area contributed by atoms with Crippen molar-refractivity contribution in [3.05, 3.63) is 60.0 Å². The minimum absolute atomic E-state index is 0. The Balaban J connectivity index is 0.00000241. The molecule has 0 atom stereocenters. The molecule has 6 rings (SSSR count). The third-order valence-corrected chi connectivity index (χ3v) is 6.74. The molecule has 176 valence electrons. The Labute approximate surface area is 204 Å². The highest BCUT2D eigenvalue weighted by Gasteiger charge is 2.35. The van der Waals surface area contributed by atoms with Crippen LogP contribution in [0, 0.1) is 6.92 Å². The zero-order chi connectivity index (χ0) is 22.4. The van der Waals surface area contributed by atoms with E-state index in [2.05, 4.69) is 20.1 Å². The van der Waals surface area contributed by atoms with Gasteiger partial charge in [-0.3, -0.25) is 4.90 Å². The Morgan fingerprint density at radius 3 is 2.53 bits per heavy atom. The van der Waals surface area contributed by atoms with Gasteiger partial charge in [0.1, 0.15) is 5.75 Å². The third kappa shape index (κ3) is 4.13. The summed E-state index contributed by atoms with van der Waals surface area (Å²) >= 11 is 0. The van der Waals surface area contributed by atoms with Crippen LogP contribution >= 0.6 is 12.4 Å². The molecule has 0 saturated carbocycles. The fourth-order valence-corrected chi connectivity index (χ4v) is 4.91. The van der Waals surface area contributed by atoms with Crippen molar-refractivity contribution in [2.75, 3.05) is 26.3 Å². The normalized spacial score (nSPS) is 17.4. The molecular formula is C25H27ClN6O2. The molecule has 8 nitrogen and oxygen atoms in total. The Bertz CT molecular complexity index is 1300. The Kier molecular flexibility index (Phi) is 6.20.